The van der Waals surface area contributed by atoms with Gasteiger partial charge in [-0.25, -0.2) is 4.98 Å². The van der Waals surface area contributed by atoms with E-state index < -0.39 is 0 Å². The first-order valence-electron chi connectivity index (χ1n) is 8.46. The third-order valence-corrected chi connectivity index (χ3v) is 4.62. The van der Waals surface area contributed by atoms with Gasteiger partial charge in [0.15, 0.2) is 6.61 Å². The number of aromatic nitrogens is 1. The highest BCUT2D eigenvalue weighted by Gasteiger charge is 2.18. The van der Waals surface area contributed by atoms with Gasteiger partial charge in [-0.2, -0.15) is 0 Å². The number of pyridine rings is 1. The van der Waals surface area contributed by atoms with Crippen LogP contribution in [0.15, 0.2) is 47.1 Å². The number of halogens is 1. The minimum Gasteiger partial charge on any atom is -0.484 e. The maximum atomic E-state index is 12.0. The molecule has 1 fully saturated rings. The Bertz CT molecular complexity index is 700. The van der Waals surface area contributed by atoms with Crippen LogP contribution in [0.4, 0.5) is 0 Å². The molecule has 0 radical (unpaired) electrons. The molecule has 0 saturated heterocycles. The van der Waals surface area contributed by atoms with E-state index in [0.717, 1.165) is 22.9 Å². The van der Waals surface area contributed by atoms with Crippen molar-refractivity contribution in [3.05, 3.63) is 52.6 Å². The molecule has 132 valence electrons. The number of nitrogens with zero attached hydrogens (tertiary/aromatic N) is 1. The molecule has 2 aromatic rings. The Hall–Kier alpha value is -2.08. The molecule has 1 heterocycles. The fourth-order valence-electron chi connectivity index (χ4n) is 2.75. The Balaban J connectivity index is 1.49. The highest BCUT2D eigenvalue weighted by atomic mass is 79.9. The maximum absolute atomic E-state index is 12.0. The molecule has 1 aromatic heterocycles. The van der Waals surface area contributed by atoms with Crippen molar-refractivity contribution >= 4 is 21.8 Å². The van der Waals surface area contributed by atoms with E-state index in [0.29, 0.717) is 18.2 Å². The molecule has 1 aromatic carbocycles. The molecule has 0 atom stereocenters. The molecule has 0 spiro atoms. The molecule has 3 rings (SSSR count). The van der Waals surface area contributed by atoms with E-state index in [9.17, 15) is 4.79 Å². The van der Waals surface area contributed by atoms with E-state index in [1.54, 1.807) is 6.20 Å². The molecular formula is C19H21BrN2O3. The van der Waals surface area contributed by atoms with Crippen LogP contribution in [0.3, 0.4) is 0 Å². The van der Waals surface area contributed by atoms with Crippen molar-refractivity contribution in [2.24, 2.45) is 0 Å². The Kier molecular flexibility index (Phi) is 6.28. The zero-order chi connectivity index (χ0) is 17.5. The lowest BCUT2D eigenvalue weighted by atomic mass is 10.2. The molecule has 0 unspecified atom stereocenters. The summed E-state index contributed by atoms with van der Waals surface area (Å²) in [5.74, 6) is 1.09. The normalized spacial score (nSPS) is 14.3. The summed E-state index contributed by atoms with van der Waals surface area (Å²) in [6.07, 6.45) is 6.51. The van der Waals surface area contributed by atoms with Crippen molar-refractivity contribution < 1.29 is 14.3 Å². The van der Waals surface area contributed by atoms with Gasteiger partial charge in [0.25, 0.3) is 5.91 Å². The minimum absolute atomic E-state index is 0.0271. The molecule has 6 heteroatoms. The third-order valence-electron chi connectivity index (χ3n) is 4.09. The maximum Gasteiger partial charge on any atom is 0.258 e. The topological polar surface area (TPSA) is 60.5 Å². The number of ether oxygens (including phenoxy) is 2. The van der Waals surface area contributed by atoms with Crippen molar-refractivity contribution in [1.82, 2.24) is 10.3 Å². The van der Waals surface area contributed by atoms with Crippen molar-refractivity contribution in [3.8, 4) is 11.6 Å². The second-order valence-electron chi connectivity index (χ2n) is 6.01. The average molecular weight is 405 g/mol. The lowest BCUT2D eigenvalue weighted by Crippen LogP contribution is -2.28. The number of hydrogen-bond donors (Lipinski definition) is 1. The second kappa shape index (κ2) is 8.85. The molecule has 1 aliphatic rings. The third kappa shape index (κ3) is 5.46. The highest BCUT2D eigenvalue weighted by Crippen LogP contribution is 2.25. The summed E-state index contributed by atoms with van der Waals surface area (Å²) in [5, 5.41) is 2.85. The Morgan fingerprint density at radius 1 is 1.20 bits per heavy atom. The summed E-state index contributed by atoms with van der Waals surface area (Å²) in [4.78, 5) is 16.3. The lowest BCUT2D eigenvalue weighted by molar-refractivity contribution is -0.123. The molecule has 0 bridgehead atoms. The van der Waals surface area contributed by atoms with Crippen LogP contribution < -0.4 is 14.8 Å². The monoisotopic (exact) mass is 404 g/mol. The van der Waals surface area contributed by atoms with Crippen molar-refractivity contribution in [2.75, 3.05) is 6.61 Å². The van der Waals surface area contributed by atoms with E-state index >= 15 is 0 Å². The zero-order valence-electron chi connectivity index (χ0n) is 13.9. The van der Waals surface area contributed by atoms with Gasteiger partial charge in [-0.05, 0) is 56.0 Å². The van der Waals surface area contributed by atoms with Crippen molar-refractivity contribution in [2.45, 2.75) is 38.3 Å². The number of carbonyl (C=O) groups is 1. The molecule has 0 aliphatic heterocycles. The smallest absolute Gasteiger partial charge is 0.258 e. The Morgan fingerprint density at radius 3 is 2.72 bits per heavy atom. The largest absolute Gasteiger partial charge is 0.484 e. The van der Waals surface area contributed by atoms with Gasteiger partial charge in [0.05, 0.1) is 0 Å². The lowest BCUT2D eigenvalue weighted by Gasteiger charge is -2.15. The predicted molar refractivity (Wildman–Crippen MR) is 98.6 cm³/mol. The number of nitrogens with one attached hydrogen (secondary N) is 1. The summed E-state index contributed by atoms with van der Waals surface area (Å²) in [5.41, 5.74) is 0.881. The quantitative estimate of drug-likeness (QED) is 0.760. The van der Waals surface area contributed by atoms with Gasteiger partial charge in [-0.1, -0.05) is 22.0 Å². The van der Waals surface area contributed by atoms with E-state index in [4.69, 9.17) is 9.47 Å². The summed E-state index contributed by atoms with van der Waals surface area (Å²) in [7, 11) is 0. The molecule has 1 amide bonds. The summed E-state index contributed by atoms with van der Waals surface area (Å²) >= 11 is 3.36. The fourth-order valence-corrected chi connectivity index (χ4v) is 3.02. The van der Waals surface area contributed by atoms with Crippen LogP contribution in [0.1, 0.15) is 31.2 Å². The average Bonchev–Trinajstić information content (AvgIpc) is 3.13. The van der Waals surface area contributed by atoms with E-state index in [-0.39, 0.29) is 18.6 Å². The number of carbonyl (C=O) groups excluding carboxylic acids is 1. The Labute approximate surface area is 155 Å². The standard InChI is InChI=1S/C19H21BrN2O3/c20-15-7-9-16(10-8-15)24-13-18(23)22-12-14-4-3-11-21-19(14)25-17-5-1-2-6-17/h3-4,7-11,17H,1-2,5-6,12-13H2,(H,22,23). The van der Waals surface area contributed by atoms with E-state index in [2.05, 4.69) is 26.2 Å². The number of rotatable bonds is 7. The first-order chi connectivity index (χ1) is 12.2. The molecule has 1 saturated carbocycles. The van der Waals surface area contributed by atoms with Crippen LogP contribution in [-0.4, -0.2) is 23.6 Å². The van der Waals surface area contributed by atoms with Gasteiger partial charge < -0.3 is 14.8 Å². The first kappa shape index (κ1) is 17.7. The van der Waals surface area contributed by atoms with Gasteiger partial charge in [0.1, 0.15) is 11.9 Å². The van der Waals surface area contributed by atoms with Crippen LogP contribution in [-0.2, 0) is 11.3 Å². The first-order valence-corrected chi connectivity index (χ1v) is 9.25. The molecule has 5 nitrogen and oxygen atoms in total. The van der Waals surface area contributed by atoms with Crippen LogP contribution in [0.5, 0.6) is 11.6 Å². The number of benzene rings is 1. The predicted octanol–water partition coefficient (Wildman–Crippen LogP) is 3.86. The van der Waals surface area contributed by atoms with Crippen LogP contribution >= 0.6 is 15.9 Å². The van der Waals surface area contributed by atoms with Gasteiger partial charge in [0, 0.05) is 22.8 Å². The van der Waals surface area contributed by atoms with Crippen molar-refractivity contribution in [1.29, 1.82) is 0 Å². The van der Waals surface area contributed by atoms with E-state index in [1.165, 1.54) is 12.8 Å². The highest BCUT2D eigenvalue weighted by molar-refractivity contribution is 9.10. The molecule has 1 N–H and O–H groups in total. The molecular weight excluding hydrogens is 384 g/mol. The molecule has 1 aliphatic carbocycles. The van der Waals surface area contributed by atoms with Crippen molar-refractivity contribution in [3.63, 3.8) is 0 Å². The van der Waals surface area contributed by atoms with Gasteiger partial charge in [-0.15, -0.1) is 0 Å². The summed E-state index contributed by atoms with van der Waals surface area (Å²) < 4.78 is 12.4. The van der Waals surface area contributed by atoms with Crippen LogP contribution in [0.2, 0.25) is 0 Å². The minimum atomic E-state index is -0.182. The molecule has 25 heavy (non-hydrogen) atoms. The second-order valence-corrected chi connectivity index (χ2v) is 6.93. The van der Waals surface area contributed by atoms with Gasteiger partial charge >= 0.3 is 0 Å². The number of amides is 1. The van der Waals surface area contributed by atoms with Gasteiger partial charge in [-0.3, -0.25) is 4.79 Å². The summed E-state index contributed by atoms with van der Waals surface area (Å²) in [6.45, 7) is 0.346. The van der Waals surface area contributed by atoms with Crippen LogP contribution in [0, 0.1) is 0 Å². The summed E-state index contributed by atoms with van der Waals surface area (Å²) in [6, 6.07) is 11.1. The Morgan fingerprint density at radius 2 is 1.96 bits per heavy atom. The van der Waals surface area contributed by atoms with Crippen LogP contribution in [0.25, 0.3) is 0 Å². The van der Waals surface area contributed by atoms with E-state index in [1.807, 2.05) is 36.4 Å². The number of hydrogen-bond acceptors (Lipinski definition) is 4. The fraction of sp³-hybridized carbons (Fsp3) is 0.368. The SMILES string of the molecule is O=C(COc1ccc(Br)cc1)NCc1cccnc1OC1CCCC1. The zero-order valence-corrected chi connectivity index (χ0v) is 15.5. The van der Waals surface area contributed by atoms with Gasteiger partial charge in [0.2, 0.25) is 5.88 Å².